The van der Waals surface area contributed by atoms with Crippen LogP contribution in [-0.4, -0.2) is 10.8 Å². The van der Waals surface area contributed by atoms with Crippen molar-refractivity contribution in [1.82, 2.24) is 4.98 Å². The smallest absolute Gasteiger partial charge is 0.169 e. The predicted octanol–water partition coefficient (Wildman–Crippen LogP) is 2.83. The second-order valence-corrected chi connectivity index (χ2v) is 3.64. The van der Waals surface area contributed by atoms with Gasteiger partial charge in [0.15, 0.2) is 5.78 Å². The summed E-state index contributed by atoms with van der Waals surface area (Å²) in [5.41, 5.74) is 1.57. The Labute approximate surface area is 134 Å². The third-order valence-corrected chi connectivity index (χ3v) is 2.69. The largest absolute Gasteiger partial charge is 0.294 e. The molecule has 3 heteroatoms. The Balaban J connectivity index is 0.000000963. The normalized spacial score (nSPS) is 13.4. The molecule has 0 saturated carbocycles. The second kappa shape index (κ2) is 4.86. The van der Waals surface area contributed by atoms with Crippen molar-refractivity contribution in [3.05, 3.63) is 47.8 Å². The molecule has 1 radical (unpaired) electrons. The summed E-state index contributed by atoms with van der Waals surface area (Å²) in [7, 11) is 0. The van der Waals surface area contributed by atoms with E-state index in [9.17, 15) is 4.79 Å². The van der Waals surface area contributed by atoms with Crippen molar-refractivity contribution in [3.63, 3.8) is 0 Å². The molecule has 3 rings (SSSR count). The van der Waals surface area contributed by atoms with Crippen LogP contribution in [0.3, 0.4) is 0 Å². The molecule has 79 valence electrons. The molecular formula is C13H9EuNO. The molecule has 0 atom stereocenters. The van der Waals surface area contributed by atoms with Crippen LogP contribution >= 0.6 is 0 Å². The Morgan fingerprint density at radius 1 is 1.19 bits per heavy atom. The monoisotopic (exact) mass is 348 g/mol. The summed E-state index contributed by atoms with van der Waals surface area (Å²) in [5.74, 6) is 0.164. The summed E-state index contributed by atoms with van der Waals surface area (Å²) in [4.78, 5) is 16.1. The third kappa shape index (κ3) is 1.92. The van der Waals surface area contributed by atoms with Crippen LogP contribution in [0.1, 0.15) is 22.5 Å². The van der Waals surface area contributed by atoms with Crippen LogP contribution in [0.5, 0.6) is 0 Å². The molecule has 0 bridgehead atoms. The van der Waals surface area contributed by atoms with E-state index in [2.05, 4.69) is 4.98 Å². The first-order valence-corrected chi connectivity index (χ1v) is 4.94. The molecule has 0 unspecified atom stereocenters. The number of Topliss-reactive ketones (excluding diaryl/α,β-unsaturated/α-hetero) is 1. The minimum atomic E-state index is 0. The Morgan fingerprint density at radius 3 is 2.88 bits per heavy atom. The van der Waals surface area contributed by atoms with Crippen LogP contribution in [0.15, 0.2) is 36.5 Å². The maximum Gasteiger partial charge on any atom is 0.169 e. The van der Waals surface area contributed by atoms with Crippen molar-refractivity contribution in [2.75, 3.05) is 0 Å². The summed E-state index contributed by atoms with van der Waals surface area (Å²) >= 11 is 0. The van der Waals surface area contributed by atoms with E-state index in [1.807, 2.05) is 42.6 Å². The van der Waals surface area contributed by atoms with Crippen LogP contribution in [0.25, 0.3) is 16.8 Å². The molecule has 2 aromatic rings. The van der Waals surface area contributed by atoms with E-state index >= 15 is 0 Å². The van der Waals surface area contributed by atoms with Gasteiger partial charge in [0.1, 0.15) is 0 Å². The first-order valence-electron chi connectivity index (χ1n) is 4.94. The molecular weight excluding hydrogens is 338 g/mol. The fourth-order valence-corrected chi connectivity index (χ4v) is 1.98. The minimum Gasteiger partial charge on any atom is -0.294 e. The Kier molecular flexibility index (Phi) is 3.68. The molecule has 1 aliphatic carbocycles. The first kappa shape index (κ1) is 12.1. The molecule has 0 saturated heterocycles. The summed E-state index contributed by atoms with van der Waals surface area (Å²) in [5, 5.41) is 2.04. The number of carbonyl (C=O) groups excluding carboxylic acids is 1. The Bertz CT molecular complexity index is 590. The quantitative estimate of drug-likeness (QED) is 0.734. The van der Waals surface area contributed by atoms with E-state index in [-0.39, 0.29) is 55.2 Å². The number of pyridine rings is 1. The molecule has 1 heterocycles. The van der Waals surface area contributed by atoms with E-state index in [1.54, 1.807) is 0 Å². The van der Waals surface area contributed by atoms with E-state index in [0.717, 1.165) is 22.0 Å². The van der Waals surface area contributed by atoms with Gasteiger partial charge in [-0.3, -0.25) is 9.78 Å². The molecule has 0 spiro atoms. The molecule has 1 aromatic heterocycles. The Hall–Kier alpha value is -0.376. The molecule has 0 N–H and O–H groups in total. The van der Waals surface area contributed by atoms with E-state index < -0.39 is 0 Å². The number of hydrogen-bond acceptors (Lipinski definition) is 2. The van der Waals surface area contributed by atoms with Crippen LogP contribution in [0.2, 0.25) is 0 Å². The maximum atomic E-state index is 11.8. The zero-order valence-corrected chi connectivity index (χ0v) is 10.9. The van der Waals surface area contributed by atoms with Gasteiger partial charge in [0, 0.05) is 67.4 Å². The average Bonchev–Trinajstić information content (AvgIpc) is 2.29. The number of fused-ring (bicyclic) bond motifs is 3. The van der Waals surface area contributed by atoms with Gasteiger partial charge in [0.2, 0.25) is 0 Å². The van der Waals surface area contributed by atoms with Gasteiger partial charge in [0.05, 0.1) is 11.3 Å². The maximum absolute atomic E-state index is 11.8. The summed E-state index contributed by atoms with van der Waals surface area (Å²) in [6.45, 7) is 0. The summed E-state index contributed by atoms with van der Waals surface area (Å²) in [6, 6.07) is 7.87. The van der Waals surface area contributed by atoms with Crippen molar-refractivity contribution in [2.45, 2.75) is 6.42 Å². The van der Waals surface area contributed by atoms with Gasteiger partial charge in [-0.2, -0.15) is 0 Å². The zero-order chi connectivity index (χ0) is 10.3. The number of benzene rings is 1. The number of allylic oxidation sites excluding steroid dienone is 1. The summed E-state index contributed by atoms with van der Waals surface area (Å²) in [6.07, 6.45) is 6.09. The average molecular weight is 347 g/mol. The molecule has 2 nitrogen and oxygen atoms in total. The number of nitrogens with zero attached hydrogens (tertiary/aromatic N) is 1. The van der Waals surface area contributed by atoms with Crippen molar-refractivity contribution >= 4 is 22.6 Å². The molecule has 1 aliphatic rings. The predicted molar refractivity (Wildman–Crippen MR) is 59.7 cm³/mol. The van der Waals surface area contributed by atoms with Crippen molar-refractivity contribution in [1.29, 1.82) is 0 Å². The number of rotatable bonds is 0. The van der Waals surface area contributed by atoms with E-state index in [0.29, 0.717) is 6.42 Å². The van der Waals surface area contributed by atoms with Gasteiger partial charge in [0.25, 0.3) is 0 Å². The number of carbonyl (C=O) groups is 1. The second-order valence-electron chi connectivity index (χ2n) is 3.64. The number of aromatic nitrogens is 1. The standard InChI is InChI=1S/C13H9NO.Eu/c15-12-7-3-6-11-13(12)10-5-2-1-4-9(10)8-14-11;/h1-6,8H,7H2;. The van der Waals surface area contributed by atoms with Gasteiger partial charge in [-0.1, -0.05) is 30.3 Å². The van der Waals surface area contributed by atoms with Crippen LogP contribution < -0.4 is 0 Å². The minimum absolute atomic E-state index is 0. The van der Waals surface area contributed by atoms with Crippen molar-refractivity contribution in [3.8, 4) is 0 Å². The third-order valence-electron chi connectivity index (χ3n) is 2.69. The van der Waals surface area contributed by atoms with Gasteiger partial charge in [-0.25, -0.2) is 0 Å². The molecule has 1 aromatic carbocycles. The zero-order valence-electron chi connectivity index (χ0n) is 8.48. The van der Waals surface area contributed by atoms with Gasteiger partial charge in [-0.05, 0) is 11.5 Å². The topological polar surface area (TPSA) is 30.0 Å². The first-order chi connectivity index (χ1) is 7.36. The van der Waals surface area contributed by atoms with Crippen LogP contribution in [0.4, 0.5) is 0 Å². The molecule has 0 aliphatic heterocycles. The van der Waals surface area contributed by atoms with Crippen LogP contribution in [0, 0.1) is 49.4 Å². The van der Waals surface area contributed by atoms with E-state index in [4.69, 9.17) is 0 Å². The van der Waals surface area contributed by atoms with Crippen molar-refractivity contribution in [2.24, 2.45) is 0 Å². The van der Waals surface area contributed by atoms with Gasteiger partial charge in [-0.15, -0.1) is 0 Å². The van der Waals surface area contributed by atoms with Crippen LogP contribution in [-0.2, 0) is 0 Å². The SMILES string of the molecule is O=C1CC=Cc2ncc3ccccc3c21.[Eu]. The molecule has 16 heavy (non-hydrogen) atoms. The fourth-order valence-electron chi connectivity index (χ4n) is 1.98. The van der Waals surface area contributed by atoms with Gasteiger partial charge < -0.3 is 0 Å². The fraction of sp³-hybridized carbons (Fsp3) is 0.0769. The number of hydrogen-bond donors (Lipinski definition) is 0. The molecule has 0 amide bonds. The summed E-state index contributed by atoms with van der Waals surface area (Å²) < 4.78 is 0. The van der Waals surface area contributed by atoms with Crippen molar-refractivity contribution < 1.29 is 54.2 Å². The van der Waals surface area contributed by atoms with E-state index in [1.165, 1.54) is 0 Å². The Morgan fingerprint density at radius 2 is 2.00 bits per heavy atom. The number of ketones is 1. The molecule has 0 fully saturated rings. The van der Waals surface area contributed by atoms with Gasteiger partial charge >= 0.3 is 0 Å².